The minimum Gasteiger partial charge on any atom is -0.445 e. The molecule has 0 bridgehead atoms. The number of hydrogen-bond acceptors (Lipinski definition) is 7. The van der Waals surface area contributed by atoms with Gasteiger partial charge in [-0.05, 0) is 25.1 Å². The number of aromatic nitrogens is 3. The summed E-state index contributed by atoms with van der Waals surface area (Å²) in [5, 5.41) is 9.61. The molecular formula is C19H23N5O3. The minimum atomic E-state index is -0.119. The number of aliphatic hydroxyl groups is 1. The Morgan fingerprint density at radius 3 is 2.70 bits per heavy atom. The van der Waals surface area contributed by atoms with Crippen LogP contribution in [0.1, 0.15) is 11.7 Å². The summed E-state index contributed by atoms with van der Waals surface area (Å²) in [6, 6.07) is 5.77. The van der Waals surface area contributed by atoms with E-state index in [1.54, 1.807) is 6.20 Å². The molecule has 27 heavy (non-hydrogen) atoms. The van der Waals surface area contributed by atoms with Crippen LogP contribution in [0, 0.1) is 6.92 Å². The molecule has 3 aromatic rings. The molecule has 142 valence electrons. The molecule has 1 aliphatic heterocycles. The maximum Gasteiger partial charge on any atom is 0.261 e. The van der Waals surface area contributed by atoms with Crippen molar-refractivity contribution in [3.63, 3.8) is 0 Å². The zero-order valence-corrected chi connectivity index (χ0v) is 15.3. The lowest BCUT2D eigenvalue weighted by atomic mass is 10.2. The topological polar surface area (TPSA) is 87.6 Å². The smallest absolute Gasteiger partial charge is 0.261 e. The van der Waals surface area contributed by atoms with Crippen molar-refractivity contribution >= 4 is 16.6 Å². The first kappa shape index (κ1) is 17.7. The van der Waals surface area contributed by atoms with Crippen LogP contribution in [0.2, 0.25) is 0 Å². The Balaban J connectivity index is 1.45. The molecule has 2 aromatic heterocycles. The highest BCUT2D eigenvalue weighted by Crippen LogP contribution is 2.21. The highest BCUT2D eigenvalue weighted by atomic mass is 16.4. The molecule has 1 aliphatic rings. The summed E-state index contributed by atoms with van der Waals surface area (Å²) in [6.45, 7) is 6.44. The summed E-state index contributed by atoms with van der Waals surface area (Å²) in [4.78, 5) is 25.7. The maximum absolute atomic E-state index is 12.4. The molecule has 0 radical (unpaired) electrons. The fourth-order valence-corrected chi connectivity index (χ4v) is 3.44. The van der Waals surface area contributed by atoms with Crippen LogP contribution in [0.5, 0.6) is 0 Å². The molecular weight excluding hydrogens is 346 g/mol. The fourth-order valence-electron chi connectivity index (χ4n) is 3.44. The molecule has 4 rings (SSSR count). The minimum absolute atomic E-state index is 0.0808. The number of piperazine rings is 1. The zero-order chi connectivity index (χ0) is 18.8. The Hall–Kier alpha value is -2.71. The third kappa shape index (κ3) is 3.72. The first-order valence-corrected chi connectivity index (χ1v) is 9.13. The van der Waals surface area contributed by atoms with Gasteiger partial charge in [-0.3, -0.25) is 14.3 Å². The third-order valence-corrected chi connectivity index (χ3v) is 4.92. The molecule has 8 heteroatoms. The Morgan fingerprint density at radius 2 is 2.00 bits per heavy atom. The van der Waals surface area contributed by atoms with Gasteiger partial charge in [0.2, 0.25) is 5.89 Å². The largest absolute Gasteiger partial charge is 0.445 e. The van der Waals surface area contributed by atoms with Gasteiger partial charge < -0.3 is 14.4 Å². The van der Waals surface area contributed by atoms with Crippen molar-refractivity contribution in [1.82, 2.24) is 19.4 Å². The lowest BCUT2D eigenvalue weighted by molar-refractivity contribution is 0.225. The van der Waals surface area contributed by atoms with Gasteiger partial charge in [-0.1, -0.05) is 0 Å². The van der Waals surface area contributed by atoms with Gasteiger partial charge in [-0.2, -0.15) is 0 Å². The molecule has 1 saturated heterocycles. The van der Waals surface area contributed by atoms with Crippen molar-refractivity contribution in [2.24, 2.45) is 0 Å². The van der Waals surface area contributed by atoms with E-state index in [-0.39, 0.29) is 18.7 Å². The molecule has 1 aromatic carbocycles. The van der Waals surface area contributed by atoms with Crippen LogP contribution >= 0.6 is 0 Å². The number of anilines is 1. The van der Waals surface area contributed by atoms with E-state index in [0.717, 1.165) is 50.1 Å². The zero-order valence-electron chi connectivity index (χ0n) is 15.3. The monoisotopic (exact) mass is 369 g/mol. The lowest BCUT2D eigenvalue weighted by Crippen LogP contribution is -2.46. The second kappa shape index (κ2) is 7.50. The van der Waals surface area contributed by atoms with Gasteiger partial charge in [0.05, 0.1) is 43.1 Å². The van der Waals surface area contributed by atoms with E-state index in [2.05, 4.69) is 19.8 Å². The summed E-state index contributed by atoms with van der Waals surface area (Å²) in [6.07, 6.45) is 3.25. The molecule has 1 N–H and O–H groups in total. The van der Waals surface area contributed by atoms with Crippen molar-refractivity contribution in [1.29, 1.82) is 0 Å². The molecule has 0 unspecified atom stereocenters. The van der Waals surface area contributed by atoms with E-state index in [0.29, 0.717) is 10.9 Å². The van der Waals surface area contributed by atoms with Crippen LogP contribution in [0.4, 0.5) is 5.69 Å². The van der Waals surface area contributed by atoms with Crippen LogP contribution in [-0.2, 0) is 13.1 Å². The summed E-state index contributed by atoms with van der Waals surface area (Å²) < 4.78 is 7.00. The van der Waals surface area contributed by atoms with Gasteiger partial charge in [0, 0.05) is 31.9 Å². The van der Waals surface area contributed by atoms with E-state index in [1.165, 1.54) is 10.9 Å². The molecule has 0 aliphatic carbocycles. The van der Waals surface area contributed by atoms with Gasteiger partial charge in [-0.15, -0.1) is 0 Å². The molecule has 0 spiro atoms. The van der Waals surface area contributed by atoms with Gasteiger partial charge in [0.15, 0.2) is 0 Å². The average molecular weight is 369 g/mol. The number of fused-ring (bicyclic) bond motifs is 1. The van der Waals surface area contributed by atoms with Crippen LogP contribution in [0.25, 0.3) is 10.9 Å². The Kier molecular flexibility index (Phi) is 4.91. The summed E-state index contributed by atoms with van der Waals surface area (Å²) >= 11 is 0. The fraction of sp³-hybridized carbons (Fsp3) is 0.421. The van der Waals surface area contributed by atoms with E-state index in [1.807, 2.05) is 25.1 Å². The van der Waals surface area contributed by atoms with Crippen molar-refractivity contribution in [3.05, 3.63) is 52.7 Å². The van der Waals surface area contributed by atoms with Crippen LogP contribution < -0.4 is 10.5 Å². The van der Waals surface area contributed by atoms with Crippen LogP contribution in [0.3, 0.4) is 0 Å². The summed E-state index contributed by atoms with van der Waals surface area (Å²) in [5.74, 6) is 1.60. The number of rotatable bonds is 5. The molecule has 0 amide bonds. The van der Waals surface area contributed by atoms with Gasteiger partial charge >= 0.3 is 0 Å². The molecule has 3 heterocycles. The number of aliphatic hydroxyl groups excluding tert-OH is 1. The predicted molar refractivity (Wildman–Crippen MR) is 102 cm³/mol. The van der Waals surface area contributed by atoms with Crippen molar-refractivity contribution < 1.29 is 9.52 Å². The van der Waals surface area contributed by atoms with Gasteiger partial charge in [0.1, 0.15) is 5.76 Å². The Morgan fingerprint density at radius 1 is 1.19 bits per heavy atom. The number of benzene rings is 1. The van der Waals surface area contributed by atoms with E-state index < -0.39 is 0 Å². The quantitative estimate of drug-likeness (QED) is 0.718. The maximum atomic E-state index is 12.4. The molecule has 0 saturated carbocycles. The summed E-state index contributed by atoms with van der Waals surface area (Å²) in [5.41, 5.74) is 1.64. The number of aryl methyl sites for hydroxylation is 1. The van der Waals surface area contributed by atoms with E-state index in [4.69, 9.17) is 9.52 Å². The average Bonchev–Trinajstić information content (AvgIpc) is 3.09. The SMILES string of the molecule is Cc1cnc(CN2CCN(c3ccc4c(=O)n(CCO)cnc4c3)CC2)o1. The first-order chi connectivity index (χ1) is 13.1. The Bertz CT molecular complexity index is 988. The molecule has 8 nitrogen and oxygen atoms in total. The number of nitrogens with zero attached hydrogens (tertiary/aromatic N) is 5. The van der Waals surface area contributed by atoms with Crippen molar-refractivity contribution in [3.8, 4) is 0 Å². The van der Waals surface area contributed by atoms with Gasteiger partial charge in [-0.25, -0.2) is 9.97 Å². The van der Waals surface area contributed by atoms with Crippen LogP contribution in [-0.4, -0.2) is 57.3 Å². The second-order valence-electron chi connectivity index (χ2n) is 6.80. The highest BCUT2D eigenvalue weighted by Gasteiger charge is 2.19. The van der Waals surface area contributed by atoms with E-state index >= 15 is 0 Å². The first-order valence-electron chi connectivity index (χ1n) is 9.13. The second-order valence-corrected chi connectivity index (χ2v) is 6.80. The highest BCUT2D eigenvalue weighted by molar-refractivity contribution is 5.81. The number of oxazole rings is 1. The third-order valence-electron chi connectivity index (χ3n) is 4.92. The normalized spacial score (nSPS) is 15.6. The molecule has 0 atom stereocenters. The van der Waals surface area contributed by atoms with Crippen molar-refractivity contribution in [2.75, 3.05) is 37.7 Å². The van der Waals surface area contributed by atoms with Gasteiger partial charge in [0.25, 0.3) is 5.56 Å². The Labute approximate surface area is 156 Å². The van der Waals surface area contributed by atoms with Crippen molar-refractivity contribution in [2.45, 2.75) is 20.0 Å². The van der Waals surface area contributed by atoms with Crippen LogP contribution in [0.15, 0.2) is 39.9 Å². The number of hydrogen-bond donors (Lipinski definition) is 1. The van der Waals surface area contributed by atoms with E-state index in [9.17, 15) is 4.79 Å². The lowest BCUT2D eigenvalue weighted by Gasteiger charge is -2.35. The molecule has 1 fully saturated rings. The predicted octanol–water partition coefficient (Wildman–Crippen LogP) is 1.01. The standard InChI is InChI=1S/C19H23N5O3/c1-14-11-20-18(27-14)12-22-4-6-23(7-5-22)15-2-3-16-17(10-15)21-13-24(8-9-25)19(16)26/h2-3,10-11,13,25H,4-9,12H2,1H3. The summed E-state index contributed by atoms with van der Waals surface area (Å²) in [7, 11) is 0.